The van der Waals surface area contributed by atoms with Crippen LogP contribution in [0.25, 0.3) is 0 Å². The number of hydrogen-bond donors (Lipinski definition) is 2. The molecule has 1 heterocycles. The third-order valence-electron chi connectivity index (χ3n) is 2.48. The molecule has 4 heteroatoms. The summed E-state index contributed by atoms with van der Waals surface area (Å²) in [5.41, 5.74) is 0.959. The Bertz CT molecular complexity index is 337. The molecule has 3 nitrogen and oxygen atoms in total. The van der Waals surface area contributed by atoms with E-state index in [0.717, 1.165) is 11.4 Å². The number of phenols is 1. The van der Waals surface area contributed by atoms with Crippen molar-refractivity contribution in [1.82, 2.24) is 0 Å². The number of hydrogen-bond acceptors (Lipinski definition) is 4. The molecule has 1 atom stereocenters. The smallest absolute Gasteiger partial charge is 0.160 e. The number of methoxy groups -OCH3 is 1. The van der Waals surface area contributed by atoms with Crippen LogP contribution in [0.5, 0.6) is 11.5 Å². The summed E-state index contributed by atoms with van der Waals surface area (Å²) in [6.45, 7) is 0. The van der Waals surface area contributed by atoms with Gasteiger partial charge in [-0.25, -0.2) is 0 Å². The molecule has 0 aliphatic carbocycles. The maximum absolute atomic E-state index is 9.60. The highest BCUT2D eigenvalue weighted by atomic mass is 32.2. The second-order valence-electron chi connectivity index (χ2n) is 3.59. The lowest BCUT2D eigenvalue weighted by atomic mass is 10.2. The fraction of sp³-hybridized carbons (Fsp3) is 0.455. The fourth-order valence-electron chi connectivity index (χ4n) is 1.66. The summed E-state index contributed by atoms with van der Waals surface area (Å²) in [5, 5.41) is 13.0. The van der Waals surface area contributed by atoms with Crippen LogP contribution < -0.4 is 10.1 Å². The van der Waals surface area contributed by atoms with Crippen molar-refractivity contribution in [2.75, 3.05) is 23.9 Å². The van der Waals surface area contributed by atoms with Crippen LogP contribution in [0, 0.1) is 0 Å². The van der Waals surface area contributed by atoms with Crippen molar-refractivity contribution >= 4 is 17.4 Å². The first kappa shape index (κ1) is 10.5. The molecule has 1 aliphatic rings. The molecule has 0 spiro atoms. The number of nitrogens with one attached hydrogen (secondary N) is 1. The molecule has 1 aromatic carbocycles. The van der Waals surface area contributed by atoms with E-state index in [1.54, 1.807) is 19.2 Å². The molecule has 0 bridgehead atoms. The highest BCUT2D eigenvalue weighted by Gasteiger charge is 2.15. The number of benzene rings is 1. The standard InChI is InChI=1S/C11H15NO2S/c1-14-11-3-2-8(6-10(11)13)12-9-4-5-15-7-9/h2-3,6,9,12-13H,4-5,7H2,1H3. The zero-order valence-corrected chi connectivity index (χ0v) is 9.51. The van der Waals surface area contributed by atoms with Gasteiger partial charge in [0.15, 0.2) is 11.5 Å². The van der Waals surface area contributed by atoms with Gasteiger partial charge in [-0.05, 0) is 24.3 Å². The summed E-state index contributed by atoms with van der Waals surface area (Å²) in [4.78, 5) is 0. The summed E-state index contributed by atoms with van der Waals surface area (Å²) in [6.07, 6.45) is 1.19. The minimum atomic E-state index is 0.188. The molecule has 0 aromatic heterocycles. The van der Waals surface area contributed by atoms with Gasteiger partial charge in [0.1, 0.15) is 0 Å². The Morgan fingerprint density at radius 1 is 1.53 bits per heavy atom. The second-order valence-corrected chi connectivity index (χ2v) is 4.74. The van der Waals surface area contributed by atoms with Gasteiger partial charge in [0.2, 0.25) is 0 Å². The largest absolute Gasteiger partial charge is 0.504 e. The van der Waals surface area contributed by atoms with Crippen molar-refractivity contribution in [1.29, 1.82) is 0 Å². The molecule has 1 fully saturated rings. The third kappa shape index (κ3) is 2.50. The van der Waals surface area contributed by atoms with E-state index < -0.39 is 0 Å². The lowest BCUT2D eigenvalue weighted by Gasteiger charge is -2.13. The number of phenolic OH excluding ortho intramolecular Hbond substituents is 1. The molecule has 0 saturated carbocycles. The Hall–Kier alpha value is -1.03. The Labute approximate surface area is 93.8 Å². The normalized spacial score (nSPS) is 20.2. The molecule has 1 aliphatic heterocycles. The molecular weight excluding hydrogens is 210 g/mol. The molecule has 0 radical (unpaired) electrons. The van der Waals surface area contributed by atoms with Crippen LogP contribution in [0.15, 0.2) is 18.2 Å². The van der Waals surface area contributed by atoms with Crippen LogP contribution in [-0.2, 0) is 0 Å². The Balaban J connectivity index is 2.05. The number of rotatable bonds is 3. The van der Waals surface area contributed by atoms with Crippen LogP contribution in [0.3, 0.4) is 0 Å². The van der Waals surface area contributed by atoms with E-state index in [-0.39, 0.29) is 5.75 Å². The van der Waals surface area contributed by atoms with E-state index in [1.807, 2.05) is 17.8 Å². The minimum absolute atomic E-state index is 0.188. The van der Waals surface area contributed by atoms with Crippen LogP contribution in [0.4, 0.5) is 5.69 Å². The zero-order chi connectivity index (χ0) is 10.7. The first-order chi connectivity index (χ1) is 7.29. The van der Waals surface area contributed by atoms with E-state index in [9.17, 15) is 5.11 Å². The van der Waals surface area contributed by atoms with Gasteiger partial charge in [-0.1, -0.05) is 0 Å². The van der Waals surface area contributed by atoms with E-state index in [2.05, 4.69) is 5.32 Å². The molecule has 82 valence electrons. The van der Waals surface area contributed by atoms with Crippen LogP contribution in [-0.4, -0.2) is 29.8 Å². The van der Waals surface area contributed by atoms with Crippen molar-refractivity contribution in [2.24, 2.45) is 0 Å². The molecule has 15 heavy (non-hydrogen) atoms. The maximum Gasteiger partial charge on any atom is 0.160 e. The van der Waals surface area contributed by atoms with E-state index in [0.29, 0.717) is 11.8 Å². The summed E-state index contributed by atoms with van der Waals surface area (Å²) in [7, 11) is 1.55. The average Bonchev–Trinajstić information content (AvgIpc) is 2.71. The Morgan fingerprint density at radius 2 is 2.40 bits per heavy atom. The summed E-state index contributed by atoms with van der Waals surface area (Å²) in [5.74, 6) is 3.07. The summed E-state index contributed by atoms with van der Waals surface area (Å²) < 4.78 is 4.99. The van der Waals surface area contributed by atoms with Crippen molar-refractivity contribution in [2.45, 2.75) is 12.5 Å². The van der Waals surface area contributed by atoms with Crippen molar-refractivity contribution in [3.05, 3.63) is 18.2 Å². The summed E-state index contributed by atoms with van der Waals surface area (Å²) in [6, 6.07) is 5.95. The predicted octanol–water partition coefficient (Wildman–Crippen LogP) is 2.32. The quantitative estimate of drug-likeness (QED) is 0.828. The SMILES string of the molecule is COc1ccc(NC2CCSC2)cc1O. The molecule has 2 rings (SSSR count). The molecule has 1 saturated heterocycles. The van der Waals surface area contributed by atoms with Crippen LogP contribution in [0.1, 0.15) is 6.42 Å². The third-order valence-corrected chi connectivity index (χ3v) is 3.64. The van der Waals surface area contributed by atoms with Gasteiger partial charge < -0.3 is 15.2 Å². The molecule has 0 amide bonds. The van der Waals surface area contributed by atoms with Gasteiger partial charge in [0.05, 0.1) is 7.11 Å². The number of ether oxygens (including phenoxy) is 1. The average molecular weight is 225 g/mol. The number of thioether (sulfide) groups is 1. The van der Waals surface area contributed by atoms with Gasteiger partial charge in [0.25, 0.3) is 0 Å². The van der Waals surface area contributed by atoms with E-state index in [1.165, 1.54) is 12.2 Å². The lowest BCUT2D eigenvalue weighted by molar-refractivity contribution is 0.373. The van der Waals surface area contributed by atoms with Crippen molar-refractivity contribution < 1.29 is 9.84 Å². The van der Waals surface area contributed by atoms with Gasteiger partial charge in [-0.3, -0.25) is 0 Å². The second kappa shape index (κ2) is 4.66. The number of anilines is 1. The fourth-order valence-corrected chi connectivity index (χ4v) is 2.82. The highest BCUT2D eigenvalue weighted by molar-refractivity contribution is 7.99. The monoisotopic (exact) mass is 225 g/mol. The lowest BCUT2D eigenvalue weighted by Crippen LogP contribution is -2.17. The zero-order valence-electron chi connectivity index (χ0n) is 8.69. The van der Waals surface area contributed by atoms with Crippen LogP contribution in [0.2, 0.25) is 0 Å². The van der Waals surface area contributed by atoms with Gasteiger partial charge in [-0.15, -0.1) is 0 Å². The first-order valence-electron chi connectivity index (χ1n) is 5.01. The minimum Gasteiger partial charge on any atom is -0.504 e. The van der Waals surface area contributed by atoms with Crippen LogP contribution >= 0.6 is 11.8 Å². The Kier molecular flexibility index (Phi) is 3.26. The molecule has 1 aromatic rings. The summed E-state index contributed by atoms with van der Waals surface area (Å²) >= 11 is 1.96. The van der Waals surface area contributed by atoms with Crippen molar-refractivity contribution in [3.8, 4) is 11.5 Å². The van der Waals surface area contributed by atoms with Gasteiger partial charge >= 0.3 is 0 Å². The first-order valence-corrected chi connectivity index (χ1v) is 6.16. The maximum atomic E-state index is 9.60. The van der Waals surface area contributed by atoms with Gasteiger partial charge in [-0.2, -0.15) is 11.8 Å². The molecule has 2 N–H and O–H groups in total. The topological polar surface area (TPSA) is 41.5 Å². The molecular formula is C11H15NO2S. The Morgan fingerprint density at radius 3 is 3.00 bits per heavy atom. The van der Waals surface area contributed by atoms with E-state index in [4.69, 9.17) is 4.74 Å². The molecule has 1 unspecified atom stereocenters. The van der Waals surface area contributed by atoms with E-state index >= 15 is 0 Å². The van der Waals surface area contributed by atoms with Gasteiger partial charge in [0, 0.05) is 23.5 Å². The van der Waals surface area contributed by atoms with Crippen molar-refractivity contribution in [3.63, 3.8) is 0 Å². The highest BCUT2D eigenvalue weighted by Crippen LogP contribution is 2.30. The predicted molar refractivity (Wildman–Crippen MR) is 64.0 cm³/mol. The number of aromatic hydroxyl groups is 1.